The Labute approximate surface area is 127 Å². The van der Waals surface area contributed by atoms with Crippen LogP contribution in [0.3, 0.4) is 0 Å². The molecular weight excluding hydrogens is 284 g/mol. The van der Waals surface area contributed by atoms with E-state index in [1.165, 1.54) is 0 Å². The average molecular weight is 297 g/mol. The van der Waals surface area contributed by atoms with E-state index < -0.39 is 5.24 Å². The molecule has 0 aliphatic heterocycles. The van der Waals surface area contributed by atoms with Crippen LogP contribution in [0.1, 0.15) is 10.4 Å². The SMILES string of the molecule is COc1cc(C(=O)Cl)c(-c2ccccc2)c2ccccc12. The Balaban J connectivity index is 2.46. The minimum absolute atomic E-state index is 0.457. The number of hydrogen-bond acceptors (Lipinski definition) is 2. The van der Waals surface area contributed by atoms with E-state index in [1.807, 2.05) is 54.6 Å². The van der Waals surface area contributed by atoms with Gasteiger partial charge in [-0.15, -0.1) is 0 Å². The molecule has 0 aromatic heterocycles. The molecule has 0 saturated carbocycles. The molecule has 3 rings (SSSR count). The summed E-state index contributed by atoms with van der Waals surface area (Å²) in [5.41, 5.74) is 2.26. The molecule has 0 N–H and O–H groups in total. The van der Waals surface area contributed by atoms with E-state index in [-0.39, 0.29) is 0 Å². The number of carbonyl (C=O) groups excluding carboxylic acids is 1. The lowest BCUT2D eigenvalue weighted by atomic mass is 9.93. The Morgan fingerprint density at radius 3 is 2.19 bits per heavy atom. The second-order valence-electron chi connectivity index (χ2n) is 4.69. The lowest BCUT2D eigenvalue weighted by molar-refractivity contribution is 0.108. The van der Waals surface area contributed by atoms with Gasteiger partial charge in [-0.1, -0.05) is 54.6 Å². The van der Waals surface area contributed by atoms with Crippen LogP contribution < -0.4 is 4.74 Å². The molecule has 0 aliphatic rings. The highest BCUT2D eigenvalue weighted by molar-refractivity contribution is 6.68. The fraction of sp³-hybridized carbons (Fsp3) is 0.0556. The number of carbonyl (C=O) groups is 1. The van der Waals surface area contributed by atoms with Gasteiger partial charge in [0.05, 0.1) is 7.11 Å². The number of fused-ring (bicyclic) bond motifs is 1. The second kappa shape index (κ2) is 5.58. The summed E-state index contributed by atoms with van der Waals surface area (Å²) in [7, 11) is 1.59. The quantitative estimate of drug-likeness (QED) is 0.643. The van der Waals surface area contributed by atoms with Crippen LogP contribution in [0.4, 0.5) is 0 Å². The van der Waals surface area contributed by atoms with Crippen molar-refractivity contribution in [1.82, 2.24) is 0 Å². The van der Waals surface area contributed by atoms with Crippen LogP contribution in [0.5, 0.6) is 5.75 Å². The highest BCUT2D eigenvalue weighted by Crippen LogP contribution is 2.38. The molecule has 0 heterocycles. The molecule has 21 heavy (non-hydrogen) atoms. The van der Waals surface area contributed by atoms with Crippen molar-refractivity contribution in [2.45, 2.75) is 0 Å². The molecule has 0 spiro atoms. The fourth-order valence-corrected chi connectivity index (χ4v) is 2.73. The number of rotatable bonds is 3. The summed E-state index contributed by atoms with van der Waals surface area (Å²) in [6, 6.07) is 19.3. The molecule has 0 atom stereocenters. The van der Waals surface area contributed by atoms with Gasteiger partial charge in [-0.3, -0.25) is 4.79 Å². The van der Waals surface area contributed by atoms with E-state index in [0.29, 0.717) is 11.3 Å². The lowest BCUT2D eigenvalue weighted by Crippen LogP contribution is -1.98. The molecule has 0 saturated heterocycles. The first-order valence-electron chi connectivity index (χ1n) is 6.57. The number of ether oxygens (including phenoxy) is 1. The predicted octanol–water partition coefficient (Wildman–Crippen LogP) is 4.89. The highest BCUT2D eigenvalue weighted by Gasteiger charge is 2.17. The van der Waals surface area contributed by atoms with E-state index in [2.05, 4.69) is 0 Å². The Bertz CT molecular complexity index is 810. The van der Waals surface area contributed by atoms with Crippen molar-refractivity contribution in [3.63, 3.8) is 0 Å². The van der Waals surface area contributed by atoms with Crippen LogP contribution in [-0.2, 0) is 0 Å². The van der Waals surface area contributed by atoms with E-state index in [9.17, 15) is 4.79 Å². The zero-order valence-electron chi connectivity index (χ0n) is 11.5. The van der Waals surface area contributed by atoms with Crippen LogP contribution in [0.2, 0.25) is 0 Å². The monoisotopic (exact) mass is 296 g/mol. The van der Waals surface area contributed by atoms with E-state index in [4.69, 9.17) is 16.3 Å². The van der Waals surface area contributed by atoms with Gasteiger partial charge in [0, 0.05) is 16.5 Å². The normalized spacial score (nSPS) is 10.6. The molecule has 0 aliphatic carbocycles. The zero-order chi connectivity index (χ0) is 14.8. The molecule has 3 aromatic carbocycles. The Kier molecular flexibility index (Phi) is 3.63. The second-order valence-corrected chi connectivity index (χ2v) is 5.03. The summed E-state index contributed by atoms with van der Waals surface area (Å²) in [6.07, 6.45) is 0. The molecule has 104 valence electrons. The molecule has 0 radical (unpaired) electrons. The van der Waals surface area contributed by atoms with Crippen molar-refractivity contribution < 1.29 is 9.53 Å². The summed E-state index contributed by atoms with van der Waals surface area (Å²) in [6.45, 7) is 0. The summed E-state index contributed by atoms with van der Waals surface area (Å²) in [5, 5.41) is 1.42. The van der Waals surface area contributed by atoms with Crippen LogP contribution in [0.25, 0.3) is 21.9 Å². The number of benzene rings is 3. The molecule has 0 bridgehead atoms. The maximum atomic E-state index is 11.9. The van der Waals surface area contributed by atoms with Gasteiger partial charge in [0.25, 0.3) is 5.24 Å². The Morgan fingerprint density at radius 2 is 1.57 bits per heavy atom. The minimum atomic E-state index is -0.488. The van der Waals surface area contributed by atoms with Crippen molar-refractivity contribution in [3.8, 4) is 16.9 Å². The Hall–Kier alpha value is -2.32. The summed E-state index contributed by atoms with van der Waals surface area (Å²) in [4.78, 5) is 11.9. The number of hydrogen-bond donors (Lipinski definition) is 0. The summed E-state index contributed by atoms with van der Waals surface area (Å²) < 4.78 is 5.40. The van der Waals surface area contributed by atoms with Gasteiger partial charge in [0.2, 0.25) is 0 Å². The van der Waals surface area contributed by atoms with Gasteiger partial charge in [0.1, 0.15) is 5.75 Å². The first-order valence-corrected chi connectivity index (χ1v) is 6.95. The molecular formula is C18H13ClO2. The van der Waals surface area contributed by atoms with E-state index >= 15 is 0 Å². The molecule has 3 aromatic rings. The topological polar surface area (TPSA) is 26.3 Å². The maximum Gasteiger partial charge on any atom is 0.253 e. The maximum absolute atomic E-state index is 11.9. The summed E-state index contributed by atoms with van der Waals surface area (Å²) >= 11 is 5.79. The van der Waals surface area contributed by atoms with Gasteiger partial charge in [-0.25, -0.2) is 0 Å². The third kappa shape index (κ3) is 2.39. The van der Waals surface area contributed by atoms with Gasteiger partial charge >= 0.3 is 0 Å². The van der Waals surface area contributed by atoms with Gasteiger partial charge < -0.3 is 4.74 Å². The highest BCUT2D eigenvalue weighted by atomic mass is 35.5. The first kappa shape index (κ1) is 13.7. The molecule has 0 fully saturated rings. The zero-order valence-corrected chi connectivity index (χ0v) is 12.2. The smallest absolute Gasteiger partial charge is 0.253 e. The van der Waals surface area contributed by atoms with Crippen LogP contribution in [0.15, 0.2) is 60.7 Å². The summed E-state index contributed by atoms with van der Waals surface area (Å²) in [5.74, 6) is 0.647. The molecule has 0 amide bonds. The third-order valence-corrected chi connectivity index (χ3v) is 3.70. The van der Waals surface area contributed by atoms with Gasteiger partial charge in [0.15, 0.2) is 0 Å². The first-order chi connectivity index (χ1) is 10.2. The van der Waals surface area contributed by atoms with Crippen LogP contribution >= 0.6 is 11.6 Å². The van der Waals surface area contributed by atoms with Crippen molar-refractivity contribution in [3.05, 3.63) is 66.2 Å². The van der Waals surface area contributed by atoms with Crippen molar-refractivity contribution in [2.75, 3.05) is 7.11 Å². The van der Waals surface area contributed by atoms with Gasteiger partial charge in [-0.05, 0) is 28.6 Å². The largest absolute Gasteiger partial charge is 0.496 e. The van der Waals surface area contributed by atoms with E-state index in [0.717, 1.165) is 21.9 Å². The van der Waals surface area contributed by atoms with Crippen molar-refractivity contribution in [1.29, 1.82) is 0 Å². The predicted molar refractivity (Wildman–Crippen MR) is 86.1 cm³/mol. The lowest BCUT2D eigenvalue weighted by Gasteiger charge is -2.14. The fourth-order valence-electron chi connectivity index (χ4n) is 2.58. The standard InChI is InChI=1S/C18H13ClO2/c1-21-16-11-15(18(19)20)17(12-7-3-2-4-8-12)14-10-6-5-9-13(14)16/h2-11H,1H3. The average Bonchev–Trinajstić information content (AvgIpc) is 2.54. The molecule has 2 nitrogen and oxygen atoms in total. The molecule has 0 unspecified atom stereocenters. The number of methoxy groups -OCH3 is 1. The Morgan fingerprint density at radius 1 is 0.952 bits per heavy atom. The van der Waals surface area contributed by atoms with Crippen molar-refractivity contribution >= 4 is 27.6 Å². The van der Waals surface area contributed by atoms with E-state index in [1.54, 1.807) is 13.2 Å². The van der Waals surface area contributed by atoms with Crippen LogP contribution in [-0.4, -0.2) is 12.4 Å². The van der Waals surface area contributed by atoms with Gasteiger partial charge in [-0.2, -0.15) is 0 Å². The molecule has 3 heteroatoms. The van der Waals surface area contributed by atoms with Crippen LogP contribution in [0, 0.1) is 0 Å². The van der Waals surface area contributed by atoms with Crippen molar-refractivity contribution in [2.24, 2.45) is 0 Å². The minimum Gasteiger partial charge on any atom is -0.496 e. The number of halogens is 1. The third-order valence-electron chi connectivity index (χ3n) is 3.50.